The van der Waals surface area contributed by atoms with Crippen LogP contribution in [0.3, 0.4) is 0 Å². The predicted octanol–water partition coefficient (Wildman–Crippen LogP) is -0.668. The number of rotatable bonds is 2. The zero-order chi connectivity index (χ0) is 10.7. The Morgan fingerprint density at radius 2 is 2.36 bits per heavy atom. The van der Waals surface area contributed by atoms with Crippen LogP contribution < -0.4 is 10.7 Å². The fourth-order valence-corrected chi connectivity index (χ4v) is 1.43. The molecule has 0 saturated carbocycles. The molecule has 0 aromatic carbocycles. The number of aromatic amines is 1. The molecule has 0 atom stereocenters. The van der Waals surface area contributed by atoms with Crippen molar-refractivity contribution in [3.63, 3.8) is 0 Å². The van der Waals surface area contributed by atoms with Crippen molar-refractivity contribution >= 4 is 17.7 Å². The fourth-order valence-electron chi connectivity index (χ4n) is 0.909. The Balaban J connectivity index is 3.48. The lowest BCUT2D eigenvalue weighted by Crippen LogP contribution is -2.30. The van der Waals surface area contributed by atoms with Gasteiger partial charge >= 0.3 is 0 Å². The number of thioether (sulfide) groups is 1. The van der Waals surface area contributed by atoms with E-state index >= 15 is 0 Å². The minimum atomic E-state index is -1.59. The van der Waals surface area contributed by atoms with E-state index in [2.05, 4.69) is 4.98 Å². The second kappa shape index (κ2) is 3.98. The number of carbonyl (C=O) groups excluding carboxylic acids is 1. The number of carboxylic acids is 1. The number of H-pyrrole nitrogens is 1. The van der Waals surface area contributed by atoms with E-state index in [0.717, 1.165) is 17.8 Å². The van der Waals surface area contributed by atoms with Gasteiger partial charge in [0.25, 0.3) is 5.56 Å². The normalized spacial score (nSPS) is 9.43. The summed E-state index contributed by atoms with van der Waals surface area (Å²) in [5.74, 6) is -1.59. The number of hydrogen-bond acceptors (Lipinski definition) is 5. The lowest BCUT2D eigenvalue weighted by atomic mass is 10.2. The molecule has 0 saturated heterocycles. The first-order valence-corrected chi connectivity index (χ1v) is 4.75. The molecule has 0 spiro atoms. The Kier molecular flexibility index (Phi) is 2.94. The molecule has 0 radical (unpaired) electrons. The highest BCUT2D eigenvalue weighted by Crippen LogP contribution is 2.15. The van der Waals surface area contributed by atoms with Crippen molar-refractivity contribution in [1.29, 1.82) is 5.26 Å². The van der Waals surface area contributed by atoms with Crippen LogP contribution in [-0.4, -0.2) is 17.2 Å². The summed E-state index contributed by atoms with van der Waals surface area (Å²) in [6.07, 6.45) is 1.67. The molecule has 14 heavy (non-hydrogen) atoms. The average molecular weight is 209 g/mol. The van der Waals surface area contributed by atoms with Gasteiger partial charge in [-0.25, -0.2) is 0 Å². The van der Waals surface area contributed by atoms with E-state index in [-0.39, 0.29) is 5.56 Å². The highest BCUT2D eigenvalue weighted by Gasteiger charge is 2.07. The quantitative estimate of drug-likeness (QED) is 0.651. The number of nitrogens with one attached hydrogen (secondary N) is 1. The third kappa shape index (κ3) is 1.78. The maximum atomic E-state index is 11.1. The van der Waals surface area contributed by atoms with Gasteiger partial charge in [-0.15, -0.1) is 11.8 Å². The highest BCUT2D eigenvalue weighted by atomic mass is 32.2. The summed E-state index contributed by atoms with van der Waals surface area (Å²) in [6.45, 7) is 0. The van der Waals surface area contributed by atoms with E-state index in [1.54, 1.807) is 12.3 Å². The van der Waals surface area contributed by atoms with E-state index in [1.165, 1.54) is 0 Å². The Labute approximate surface area is 83.4 Å². The van der Waals surface area contributed by atoms with Crippen LogP contribution in [0.4, 0.5) is 0 Å². The lowest BCUT2D eigenvalue weighted by molar-refractivity contribution is -0.255. The van der Waals surface area contributed by atoms with Crippen molar-refractivity contribution in [2.45, 2.75) is 5.03 Å². The molecule has 1 aromatic rings. The molecular weight excluding hydrogens is 204 g/mol. The third-order valence-corrected chi connectivity index (χ3v) is 2.28. The van der Waals surface area contributed by atoms with E-state index in [9.17, 15) is 14.7 Å². The predicted molar refractivity (Wildman–Crippen MR) is 47.9 cm³/mol. The molecule has 1 rings (SSSR count). The topological polar surface area (TPSA) is 96.8 Å². The number of nitriles is 1. The van der Waals surface area contributed by atoms with Gasteiger partial charge in [-0.1, -0.05) is 0 Å². The Hall–Kier alpha value is -1.74. The summed E-state index contributed by atoms with van der Waals surface area (Å²) in [5, 5.41) is 19.4. The molecule has 1 N–H and O–H groups in total. The Morgan fingerprint density at radius 1 is 1.71 bits per heavy atom. The van der Waals surface area contributed by atoms with Gasteiger partial charge < -0.3 is 14.9 Å². The maximum absolute atomic E-state index is 11.1. The lowest BCUT2D eigenvalue weighted by Gasteiger charge is -2.04. The average Bonchev–Trinajstić information content (AvgIpc) is 2.16. The van der Waals surface area contributed by atoms with Gasteiger partial charge in [-0.3, -0.25) is 4.79 Å². The number of pyridine rings is 1. The largest absolute Gasteiger partial charge is 0.545 e. The van der Waals surface area contributed by atoms with Crippen molar-refractivity contribution < 1.29 is 9.90 Å². The van der Waals surface area contributed by atoms with E-state index in [1.807, 2.05) is 0 Å². The van der Waals surface area contributed by atoms with Crippen molar-refractivity contribution in [2.75, 3.05) is 6.26 Å². The van der Waals surface area contributed by atoms with Crippen LogP contribution in [0.1, 0.15) is 15.9 Å². The molecule has 6 heteroatoms. The second-order valence-electron chi connectivity index (χ2n) is 2.36. The molecule has 1 heterocycles. The van der Waals surface area contributed by atoms with Crippen molar-refractivity contribution in [1.82, 2.24) is 4.98 Å². The summed E-state index contributed by atoms with van der Waals surface area (Å²) in [6, 6.07) is 2.80. The molecule has 0 amide bonds. The van der Waals surface area contributed by atoms with Gasteiger partial charge in [0, 0.05) is 0 Å². The standard InChI is InChI=1S/C8H6N2O3S/c1-14-7-4(3-9)2-5(8(12)13)6(11)10-7/h2H,1H3,(H,10,11)(H,12,13)/p-1. The van der Waals surface area contributed by atoms with Crippen LogP contribution in [0.2, 0.25) is 0 Å². The minimum Gasteiger partial charge on any atom is -0.545 e. The van der Waals surface area contributed by atoms with Gasteiger partial charge in [0.15, 0.2) is 0 Å². The van der Waals surface area contributed by atoms with Crippen LogP contribution in [-0.2, 0) is 0 Å². The Bertz CT molecular complexity index is 472. The number of aromatic carboxylic acids is 1. The van der Waals surface area contributed by atoms with Crippen molar-refractivity contribution in [3.8, 4) is 6.07 Å². The monoisotopic (exact) mass is 209 g/mol. The summed E-state index contributed by atoms with van der Waals surface area (Å²) < 4.78 is 0. The summed E-state index contributed by atoms with van der Waals surface area (Å²) in [7, 11) is 0. The highest BCUT2D eigenvalue weighted by molar-refractivity contribution is 7.98. The third-order valence-electron chi connectivity index (χ3n) is 1.55. The molecular formula is C8H5N2O3S-. The van der Waals surface area contributed by atoms with Crippen LogP contribution in [0.5, 0.6) is 0 Å². The smallest absolute Gasteiger partial charge is 0.257 e. The number of nitrogens with zero attached hydrogens (tertiary/aromatic N) is 1. The molecule has 0 unspecified atom stereocenters. The van der Waals surface area contributed by atoms with Gasteiger partial charge in [0.1, 0.15) is 6.07 Å². The second-order valence-corrected chi connectivity index (χ2v) is 3.17. The SMILES string of the molecule is CSc1[nH]c(=O)c(C(=O)[O-])cc1C#N. The fraction of sp³-hybridized carbons (Fsp3) is 0.125. The Morgan fingerprint density at radius 3 is 2.79 bits per heavy atom. The van der Waals surface area contributed by atoms with Crippen LogP contribution in [0.25, 0.3) is 0 Å². The first-order valence-electron chi connectivity index (χ1n) is 3.53. The molecule has 0 bridgehead atoms. The molecule has 1 aromatic heterocycles. The van der Waals surface area contributed by atoms with E-state index in [0.29, 0.717) is 5.03 Å². The van der Waals surface area contributed by atoms with Gasteiger partial charge in [-0.2, -0.15) is 5.26 Å². The molecule has 0 aliphatic rings. The van der Waals surface area contributed by atoms with Gasteiger partial charge in [0.05, 0.1) is 22.1 Å². The van der Waals surface area contributed by atoms with Crippen LogP contribution in [0.15, 0.2) is 15.9 Å². The van der Waals surface area contributed by atoms with Crippen molar-refractivity contribution in [3.05, 3.63) is 27.5 Å². The van der Waals surface area contributed by atoms with Crippen LogP contribution >= 0.6 is 11.8 Å². The summed E-state index contributed by atoms with van der Waals surface area (Å²) >= 11 is 1.16. The van der Waals surface area contributed by atoms with E-state index < -0.39 is 17.1 Å². The van der Waals surface area contributed by atoms with Crippen LogP contribution in [0, 0.1) is 11.3 Å². The zero-order valence-electron chi connectivity index (χ0n) is 7.16. The number of hydrogen-bond donors (Lipinski definition) is 1. The first-order chi connectivity index (χ1) is 6.60. The summed E-state index contributed by atoms with van der Waals surface area (Å²) in [5.41, 5.74) is -1.16. The molecule has 0 aliphatic carbocycles. The molecule has 5 nitrogen and oxygen atoms in total. The summed E-state index contributed by atoms with van der Waals surface area (Å²) in [4.78, 5) is 23.8. The van der Waals surface area contributed by atoms with Gasteiger partial charge in [0.2, 0.25) is 0 Å². The molecule has 72 valence electrons. The zero-order valence-corrected chi connectivity index (χ0v) is 7.97. The maximum Gasteiger partial charge on any atom is 0.257 e. The molecule has 0 aliphatic heterocycles. The van der Waals surface area contributed by atoms with E-state index in [4.69, 9.17) is 5.26 Å². The number of aromatic nitrogens is 1. The minimum absolute atomic E-state index is 0.122. The number of carbonyl (C=O) groups is 1. The van der Waals surface area contributed by atoms with Gasteiger partial charge in [-0.05, 0) is 12.3 Å². The first kappa shape index (κ1) is 10.3. The molecule has 0 fully saturated rings. The number of carboxylic acid groups (broad SMARTS) is 1. The van der Waals surface area contributed by atoms with Crippen molar-refractivity contribution in [2.24, 2.45) is 0 Å².